The summed E-state index contributed by atoms with van der Waals surface area (Å²) in [6.07, 6.45) is 1.26. The second-order valence-electron chi connectivity index (χ2n) is 3.99. The van der Waals surface area contributed by atoms with Gasteiger partial charge in [0.25, 0.3) is 0 Å². The summed E-state index contributed by atoms with van der Waals surface area (Å²) in [7, 11) is 1.57. The van der Waals surface area contributed by atoms with E-state index in [1.165, 1.54) is 0 Å². The number of carbonyl (C=O) groups is 1. The van der Waals surface area contributed by atoms with Crippen molar-refractivity contribution in [3.63, 3.8) is 0 Å². The number of nitrogens with two attached hydrogens (primary N) is 1. The number of aryl methyl sites for hydroxylation is 1. The Morgan fingerprint density at radius 3 is 2.69 bits per heavy atom. The summed E-state index contributed by atoms with van der Waals surface area (Å²) in [4.78, 5) is 11.9. The van der Waals surface area contributed by atoms with Crippen LogP contribution < -0.4 is 10.5 Å². The number of carbonyl (C=O) groups excluding carboxylic acids is 1. The van der Waals surface area contributed by atoms with Crippen LogP contribution in [0.25, 0.3) is 0 Å². The third kappa shape index (κ3) is 3.07. The third-order valence-corrected chi connectivity index (χ3v) is 2.48. The molecule has 3 nitrogen and oxygen atoms in total. The van der Waals surface area contributed by atoms with E-state index in [0.717, 1.165) is 12.0 Å². The summed E-state index contributed by atoms with van der Waals surface area (Å²) in [5.41, 5.74) is 7.40. The smallest absolute Gasteiger partial charge is 0.168 e. The van der Waals surface area contributed by atoms with Gasteiger partial charge in [-0.2, -0.15) is 0 Å². The molecule has 0 amide bonds. The normalized spacial score (nSPS) is 12.2. The van der Waals surface area contributed by atoms with E-state index in [-0.39, 0.29) is 11.8 Å². The molecule has 0 spiro atoms. The topological polar surface area (TPSA) is 52.3 Å². The Morgan fingerprint density at radius 2 is 2.19 bits per heavy atom. The molecule has 3 heteroatoms. The van der Waals surface area contributed by atoms with Crippen LogP contribution in [-0.2, 0) is 6.42 Å². The Kier molecular flexibility index (Phi) is 4.50. The fraction of sp³-hybridized carbons (Fsp3) is 0.462. The minimum Gasteiger partial charge on any atom is -0.496 e. The van der Waals surface area contributed by atoms with Crippen molar-refractivity contribution in [2.45, 2.75) is 32.7 Å². The maximum atomic E-state index is 11.9. The zero-order chi connectivity index (χ0) is 12.1. The quantitative estimate of drug-likeness (QED) is 0.775. The zero-order valence-electron chi connectivity index (χ0n) is 10.1. The minimum atomic E-state index is -0.123. The van der Waals surface area contributed by atoms with Crippen LogP contribution in [0.3, 0.4) is 0 Å². The average Bonchev–Trinajstić information content (AvgIpc) is 2.27. The summed E-state index contributed by atoms with van der Waals surface area (Å²) in [6, 6.07) is 5.58. The number of ether oxygens (including phenoxy) is 1. The summed E-state index contributed by atoms with van der Waals surface area (Å²) < 4.78 is 5.19. The number of hydrogen-bond donors (Lipinski definition) is 1. The summed E-state index contributed by atoms with van der Waals surface area (Å²) >= 11 is 0. The van der Waals surface area contributed by atoms with Gasteiger partial charge in [0.15, 0.2) is 5.78 Å². The van der Waals surface area contributed by atoms with E-state index in [1.54, 1.807) is 7.11 Å². The highest BCUT2D eigenvalue weighted by Crippen LogP contribution is 2.22. The second kappa shape index (κ2) is 5.66. The van der Waals surface area contributed by atoms with E-state index in [9.17, 15) is 4.79 Å². The van der Waals surface area contributed by atoms with Crippen molar-refractivity contribution >= 4 is 5.78 Å². The lowest BCUT2D eigenvalue weighted by molar-refractivity contribution is 0.0973. The van der Waals surface area contributed by atoms with E-state index >= 15 is 0 Å². The molecule has 0 aliphatic carbocycles. The van der Waals surface area contributed by atoms with Gasteiger partial charge in [0.1, 0.15) is 5.75 Å². The average molecular weight is 221 g/mol. The molecule has 88 valence electrons. The van der Waals surface area contributed by atoms with Crippen molar-refractivity contribution in [3.8, 4) is 5.75 Å². The van der Waals surface area contributed by atoms with Crippen molar-refractivity contribution in [2.24, 2.45) is 5.73 Å². The number of methoxy groups -OCH3 is 1. The van der Waals surface area contributed by atoms with Gasteiger partial charge in [-0.15, -0.1) is 0 Å². The molecule has 1 atom stereocenters. The first-order valence-electron chi connectivity index (χ1n) is 5.54. The van der Waals surface area contributed by atoms with E-state index in [2.05, 4.69) is 6.92 Å². The van der Waals surface area contributed by atoms with Crippen LogP contribution in [0.4, 0.5) is 0 Å². The molecule has 0 radical (unpaired) electrons. The predicted octanol–water partition coefficient (Wildman–Crippen LogP) is 2.18. The van der Waals surface area contributed by atoms with Gasteiger partial charge in [-0.05, 0) is 31.0 Å². The largest absolute Gasteiger partial charge is 0.496 e. The SMILES string of the molecule is CCc1ccc(OC)c(C(=O)CC(C)N)c1. The molecule has 2 N–H and O–H groups in total. The highest BCUT2D eigenvalue weighted by Gasteiger charge is 2.14. The number of rotatable bonds is 5. The molecule has 1 unspecified atom stereocenters. The van der Waals surface area contributed by atoms with Crippen LogP contribution in [-0.4, -0.2) is 18.9 Å². The van der Waals surface area contributed by atoms with Gasteiger partial charge >= 0.3 is 0 Å². The molecule has 0 bridgehead atoms. The Labute approximate surface area is 96.6 Å². The van der Waals surface area contributed by atoms with Gasteiger partial charge in [0.05, 0.1) is 12.7 Å². The highest BCUT2D eigenvalue weighted by atomic mass is 16.5. The maximum Gasteiger partial charge on any atom is 0.168 e. The van der Waals surface area contributed by atoms with Gasteiger partial charge in [-0.1, -0.05) is 13.0 Å². The van der Waals surface area contributed by atoms with Gasteiger partial charge in [0.2, 0.25) is 0 Å². The van der Waals surface area contributed by atoms with Gasteiger partial charge in [0, 0.05) is 12.5 Å². The molecule has 1 rings (SSSR count). The molecule has 1 aromatic rings. The molecule has 0 heterocycles. The van der Waals surface area contributed by atoms with Crippen molar-refractivity contribution in [1.82, 2.24) is 0 Å². The van der Waals surface area contributed by atoms with Crippen LogP contribution in [0, 0.1) is 0 Å². The van der Waals surface area contributed by atoms with E-state index in [4.69, 9.17) is 10.5 Å². The Balaban J connectivity index is 3.03. The van der Waals surface area contributed by atoms with Crippen molar-refractivity contribution in [3.05, 3.63) is 29.3 Å². The van der Waals surface area contributed by atoms with Crippen molar-refractivity contribution < 1.29 is 9.53 Å². The zero-order valence-corrected chi connectivity index (χ0v) is 10.1. The lowest BCUT2D eigenvalue weighted by Crippen LogP contribution is -2.20. The molecule has 16 heavy (non-hydrogen) atoms. The van der Waals surface area contributed by atoms with Crippen molar-refractivity contribution in [1.29, 1.82) is 0 Å². The van der Waals surface area contributed by atoms with Crippen LogP contribution in [0.1, 0.15) is 36.2 Å². The Hall–Kier alpha value is -1.35. The number of hydrogen-bond acceptors (Lipinski definition) is 3. The molecule has 0 aliphatic rings. The Morgan fingerprint density at radius 1 is 1.50 bits per heavy atom. The Bertz CT molecular complexity index is 372. The number of Topliss-reactive ketones (excluding diaryl/α,β-unsaturated/α-hetero) is 1. The fourth-order valence-electron chi connectivity index (χ4n) is 1.60. The summed E-state index contributed by atoms with van der Waals surface area (Å²) in [6.45, 7) is 3.88. The maximum absolute atomic E-state index is 11.9. The molecule has 0 aliphatic heterocycles. The van der Waals surface area contributed by atoms with Gasteiger partial charge in [-0.3, -0.25) is 4.79 Å². The van der Waals surface area contributed by atoms with Crippen LogP contribution in [0.5, 0.6) is 5.75 Å². The molecule has 0 aromatic heterocycles. The van der Waals surface area contributed by atoms with E-state index < -0.39 is 0 Å². The van der Waals surface area contributed by atoms with Crippen LogP contribution in [0.15, 0.2) is 18.2 Å². The lowest BCUT2D eigenvalue weighted by atomic mass is 10.0. The van der Waals surface area contributed by atoms with Gasteiger partial charge in [-0.25, -0.2) is 0 Å². The first kappa shape index (κ1) is 12.7. The first-order valence-corrected chi connectivity index (χ1v) is 5.54. The standard InChI is InChI=1S/C13H19NO2/c1-4-10-5-6-13(16-3)11(8-10)12(15)7-9(2)14/h5-6,8-9H,4,7,14H2,1-3H3. The second-order valence-corrected chi connectivity index (χ2v) is 3.99. The van der Waals surface area contributed by atoms with Crippen LogP contribution >= 0.6 is 0 Å². The van der Waals surface area contributed by atoms with Gasteiger partial charge < -0.3 is 10.5 Å². The first-order chi connectivity index (χ1) is 7.58. The lowest BCUT2D eigenvalue weighted by Gasteiger charge is -2.10. The fourth-order valence-corrected chi connectivity index (χ4v) is 1.60. The molecule has 1 aromatic carbocycles. The molecular weight excluding hydrogens is 202 g/mol. The molecule has 0 saturated heterocycles. The summed E-state index contributed by atoms with van der Waals surface area (Å²) in [5.74, 6) is 0.671. The molecule has 0 fully saturated rings. The predicted molar refractivity (Wildman–Crippen MR) is 65.0 cm³/mol. The molecular formula is C13H19NO2. The number of benzene rings is 1. The van der Waals surface area contributed by atoms with E-state index in [1.807, 2.05) is 25.1 Å². The summed E-state index contributed by atoms with van der Waals surface area (Å²) in [5, 5.41) is 0. The minimum absolute atomic E-state index is 0.0437. The monoisotopic (exact) mass is 221 g/mol. The molecule has 0 saturated carbocycles. The highest BCUT2D eigenvalue weighted by molar-refractivity contribution is 5.99. The van der Waals surface area contributed by atoms with E-state index in [0.29, 0.717) is 17.7 Å². The number of ketones is 1. The van der Waals surface area contributed by atoms with Crippen molar-refractivity contribution in [2.75, 3.05) is 7.11 Å². The van der Waals surface area contributed by atoms with Crippen LogP contribution in [0.2, 0.25) is 0 Å². The third-order valence-electron chi connectivity index (χ3n) is 2.48.